The molecule has 2 aromatic rings. The highest BCUT2D eigenvalue weighted by Crippen LogP contribution is 2.31. The van der Waals surface area contributed by atoms with E-state index < -0.39 is 9.84 Å². The number of fused-ring (bicyclic) bond motifs is 1. The fourth-order valence-corrected chi connectivity index (χ4v) is 5.68. The average molecular weight is 394 g/mol. The van der Waals surface area contributed by atoms with E-state index in [0.29, 0.717) is 23.7 Å². The Hall–Kier alpha value is -1.86. The summed E-state index contributed by atoms with van der Waals surface area (Å²) in [6.07, 6.45) is 3.14. The molecule has 1 fully saturated rings. The van der Waals surface area contributed by atoms with Crippen molar-refractivity contribution in [3.63, 3.8) is 0 Å². The van der Waals surface area contributed by atoms with Gasteiger partial charge in [-0.15, -0.1) is 0 Å². The number of nitrogens with zero attached hydrogens (tertiary/aromatic N) is 2. The molecule has 4 rings (SSSR count). The summed E-state index contributed by atoms with van der Waals surface area (Å²) in [5.74, 6) is -0.00816. The van der Waals surface area contributed by atoms with E-state index in [0.717, 1.165) is 36.1 Å². The molecule has 0 bridgehead atoms. The van der Waals surface area contributed by atoms with E-state index in [-0.39, 0.29) is 23.5 Å². The molecular weight excluding hydrogens is 374 g/mol. The fourth-order valence-electron chi connectivity index (χ4n) is 3.79. The third-order valence-corrected chi connectivity index (χ3v) is 7.22. The first-order valence-electron chi connectivity index (χ1n) is 8.77. The molecular formula is C18H20ClN3O3S. The second kappa shape index (κ2) is 6.70. The van der Waals surface area contributed by atoms with Crippen molar-refractivity contribution in [1.29, 1.82) is 0 Å². The monoisotopic (exact) mass is 393 g/mol. The lowest BCUT2D eigenvalue weighted by atomic mass is 10.1. The first-order chi connectivity index (χ1) is 12.4. The maximum Gasteiger partial charge on any atom is 0.270 e. The van der Waals surface area contributed by atoms with Crippen molar-refractivity contribution < 1.29 is 13.2 Å². The van der Waals surface area contributed by atoms with Crippen LogP contribution in [0.4, 0.5) is 0 Å². The fraction of sp³-hybridized carbons (Fsp3) is 0.444. The number of amides is 1. The summed E-state index contributed by atoms with van der Waals surface area (Å²) in [6.45, 7) is 0.321. The van der Waals surface area contributed by atoms with Crippen LogP contribution >= 0.6 is 11.6 Å². The van der Waals surface area contributed by atoms with Crippen molar-refractivity contribution >= 4 is 27.3 Å². The molecule has 0 saturated carbocycles. The van der Waals surface area contributed by atoms with Crippen LogP contribution in [0, 0.1) is 0 Å². The summed E-state index contributed by atoms with van der Waals surface area (Å²) in [7, 11) is -3.05. The molecule has 1 amide bonds. The van der Waals surface area contributed by atoms with Crippen LogP contribution in [0.25, 0.3) is 0 Å². The van der Waals surface area contributed by atoms with Gasteiger partial charge in [-0.25, -0.2) is 8.42 Å². The number of benzene rings is 1. The van der Waals surface area contributed by atoms with Crippen molar-refractivity contribution in [3.05, 3.63) is 51.8 Å². The highest BCUT2D eigenvalue weighted by atomic mass is 35.5. The topological polar surface area (TPSA) is 81.1 Å². The highest BCUT2D eigenvalue weighted by molar-refractivity contribution is 7.91. The van der Waals surface area contributed by atoms with Crippen molar-refractivity contribution in [2.75, 3.05) is 11.5 Å². The van der Waals surface area contributed by atoms with Crippen molar-refractivity contribution in [3.8, 4) is 0 Å². The van der Waals surface area contributed by atoms with Gasteiger partial charge in [-0.2, -0.15) is 5.10 Å². The molecule has 26 heavy (non-hydrogen) atoms. The smallest absolute Gasteiger partial charge is 0.270 e. The molecule has 1 aliphatic carbocycles. The maximum absolute atomic E-state index is 12.9. The second-order valence-corrected chi connectivity index (χ2v) is 9.54. The van der Waals surface area contributed by atoms with Gasteiger partial charge < -0.3 is 5.32 Å². The average Bonchev–Trinajstić information content (AvgIpc) is 3.27. The van der Waals surface area contributed by atoms with Crippen LogP contribution in [0.15, 0.2) is 24.3 Å². The van der Waals surface area contributed by atoms with Gasteiger partial charge in [0.15, 0.2) is 9.84 Å². The normalized spacial score (nSPS) is 20.9. The summed E-state index contributed by atoms with van der Waals surface area (Å²) >= 11 is 6.16. The Balaban J connectivity index is 1.61. The van der Waals surface area contributed by atoms with Crippen LogP contribution < -0.4 is 5.32 Å². The van der Waals surface area contributed by atoms with Crippen molar-refractivity contribution in [2.45, 2.75) is 38.3 Å². The van der Waals surface area contributed by atoms with Crippen LogP contribution in [0.1, 0.15) is 46.2 Å². The molecule has 1 atom stereocenters. The van der Waals surface area contributed by atoms with Gasteiger partial charge in [0, 0.05) is 17.1 Å². The van der Waals surface area contributed by atoms with Gasteiger partial charge in [0.25, 0.3) is 5.91 Å². The largest absolute Gasteiger partial charge is 0.347 e. The maximum atomic E-state index is 12.9. The number of nitrogens with one attached hydrogen (secondary N) is 1. The third kappa shape index (κ3) is 3.25. The van der Waals surface area contributed by atoms with E-state index in [9.17, 15) is 13.2 Å². The molecule has 1 aromatic heterocycles. The molecule has 1 aromatic carbocycles. The SMILES string of the molecule is O=C(NCc1ccccc1Cl)c1c2c(nn1C1CCS(=O)(=O)C1)CCC2. The molecule has 1 unspecified atom stereocenters. The Morgan fingerprint density at radius 1 is 1.31 bits per heavy atom. The minimum Gasteiger partial charge on any atom is -0.347 e. The van der Waals surface area contributed by atoms with E-state index in [4.69, 9.17) is 11.6 Å². The first kappa shape index (κ1) is 17.5. The number of hydrogen-bond acceptors (Lipinski definition) is 4. The standard InChI is InChI=1S/C18H20ClN3O3S/c19-15-6-2-1-4-12(15)10-20-18(23)17-14-5-3-7-16(14)21-22(17)13-8-9-26(24,25)11-13/h1-2,4,6,13H,3,5,7-11H2,(H,20,23). The van der Waals surface area contributed by atoms with Crippen LogP contribution in [0.5, 0.6) is 0 Å². The molecule has 1 N–H and O–H groups in total. The second-order valence-electron chi connectivity index (χ2n) is 6.90. The summed E-state index contributed by atoms with van der Waals surface area (Å²) in [4.78, 5) is 12.9. The summed E-state index contributed by atoms with van der Waals surface area (Å²) < 4.78 is 25.4. The number of halogens is 1. The zero-order valence-electron chi connectivity index (χ0n) is 14.2. The van der Waals surface area contributed by atoms with Gasteiger partial charge in [0.1, 0.15) is 5.69 Å². The lowest BCUT2D eigenvalue weighted by Crippen LogP contribution is -2.28. The lowest BCUT2D eigenvalue weighted by Gasteiger charge is -2.15. The van der Waals surface area contributed by atoms with Crippen LogP contribution in [-0.4, -0.2) is 35.6 Å². The Labute approximate surface area is 157 Å². The predicted molar refractivity (Wildman–Crippen MR) is 99.2 cm³/mol. The van der Waals surface area contributed by atoms with Gasteiger partial charge in [0.2, 0.25) is 0 Å². The Morgan fingerprint density at radius 3 is 2.85 bits per heavy atom. The van der Waals surface area contributed by atoms with Gasteiger partial charge in [0.05, 0.1) is 23.2 Å². The molecule has 8 heteroatoms. The number of aryl methyl sites for hydroxylation is 1. The predicted octanol–water partition coefficient (Wildman–Crippen LogP) is 2.31. The number of aromatic nitrogens is 2. The molecule has 6 nitrogen and oxygen atoms in total. The van der Waals surface area contributed by atoms with E-state index in [1.54, 1.807) is 10.7 Å². The Morgan fingerprint density at radius 2 is 2.12 bits per heavy atom. The highest BCUT2D eigenvalue weighted by Gasteiger charge is 2.35. The Bertz CT molecular complexity index is 968. The van der Waals surface area contributed by atoms with Crippen LogP contribution in [0.2, 0.25) is 5.02 Å². The summed E-state index contributed by atoms with van der Waals surface area (Å²) in [6, 6.07) is 7.11. The quantitative estimate of drug-likeness (QED) is 0.864. The molecule has 1 saturated heterocycles. The molecule has 2 aliphatic rings. The number of rotatable bonds is 4. The van der Waals surface area contributed by atoms with Gasteiger partial charge in [-0.3, -0.25) is 9.48 Å². The number of carbonyl (C=O) groups excluding carboxylic acids is 1. The first-order valence-corrected chi connectivity index (χ1v) is 11.0. The number of hydrogen-bond donors (Lipinski definition) is 1. The van der Waals surface area contributed by atoms with Crippen LogP contribution in [-0.2, 0) is 29.2 Å². The summed E-state index contributed by atoms with van der Waals surface area (Å²) in [5.41, 5.74) is 3.25. The number of carbonyl (C=O) groups is 1. The number of sulfone groups is 1. The summed E-state index contributed by atoms with van der Waals surface area (Å²) in [5, 5.41) is 8.13. The molecule has 1 aliphatic heterocycles. The molecule has 2 heterocycles. The van der Waals surface area contributed by atoms with E-state index >= 15 is 0 Å². The third-order valence-electron chi connectivity index (χ3n) is 5.10. The van der Waals surface area contributed by atoms with E-state index in [2.05, 4.69) is 10.4 Å². The van der Waals surface area contributed by atoms with Crippen molar-refractivity contribution in [2.24, 2.45) is 0 Å². The minimum atomic E-state index is -3.05. The van der Waals surface area contributed by atoms with Gasteiger partial charge in [-0.05, 0) is 37.3 Å². The minimum absolute atomic E-state index is 0.0539. The molecule has 0 radical (unpaired) electrons. The van der Waals surface area contributed by atoms with Gasteiger partial charge in [-0.1, -0.05) is 29.8 Å². The Kier molecular flexibility index (Phi) is 4.52. The zero-order chi connectivity index (χ0) is 18.3. The van der Waals surface area contributed by atoms with Crippen molar-refractivity contribution in [1.82, 2.24) is 15.1 Å². The molecule has 138 valence electrons. The molecule has 0 spiro atoms. The lowest BCUT2D eigenvalue weighted by molar-refractivity contribution is 0.0937. The van der Waals surface area contributed by atoms with E-state index in [1.807, 2.05) is 18.2 Å². The van der Waals surface area contributed by atoms with Gasteiger partial charge >= 0.3 is 0 Å². The van der Waals surface area contributed by atoms with Crippen LogP contribution in [0.3, 0.4) is 0 Å². The van der Waals surface area contributed by atoms with E-state index in [1.165, 1.54) is 0 Å². The zero-order valence-corrected chi connectivity index (χ0v) is 15.8.